The predicted octanol–water partition coefficient (Wildman–Crippen LogP) is -0.872. The molecule has 10 heteroatoms. The molecular weight excluding hydrogens is 314 g/mol. The first-order valence-corrected chi connectivity index (χ1v) is 7.10. The second-order valence-corrected chi connectivity index (χ2v) is 5.05. The molecule has 0 aliphatic carbocycles. The molecule has 24 heavy (non-hydrogen) atoms. The van der Waals surface area contributed by atoms with Crippen molar-refractivity contribution in [1.82, 2.24) is 10.4 Å². The van der Waals surface area contributed by atoms with E-state index >= 15 is 0 Å². The van der Waals surface area contributed by atoms with Crippen LogP contribution in [0.4, 0.5) is 9.59 Å². The fraction of sp³-hybridized carbons (Fsp3) is 0.286. The maximum Gasteiger partial charge on any atom is 0.303 e. The summed E-state index contributed by atoms with van der Waals surface area (Å²) in [5, 5.41) is 12.1. The van der Waals surface area contributed by atoms with Crippen molar-refractivity contribution in [3.63, 3.8) is 0 Å². The molecular formula is C14H13B2N2O6. The summed E-state index contributed by atoms with van der Waals surface area (Å²) in [6, 6.07) is 5.62. The quantitative estimate of drug-likeness (QED) is 0.519. The molecule has 1 saturated heterocycles. The lowest BCUT2D eigenvalue weighted by Crippen LogP contribution is -2.36. The number of hydroxylamine groups is 2. The largest absolute Gasteiger partial charge is 0.394 e. The summed E-state index contributed by atoms with van der Waals surface area (Å²) >= 11 is 0. The van der Waals surface area contributed by atoms with Gasteiger partial charge < -0.3 is 15.3 Å². The van der Waals surface area contributed by atoms with Crippen LogP contribution in [0.15, 0.2) is 24.3 Å². The van der Waals surface area contributed by atoms with Gasteiger partial charge in [-0.2, -0.15) is 0 Å². The first-order chi connectivity index (χ1) is 11.4. The van der Waals surface area contributed by atoms with E-state index in [4.69, 9.17) is 12.7 Å². The van der Waals surface area contributed by atoms with Crippen LogP contribution in [-0.2, 0) is 14.4 Å². The van der Waals surface area contributed by atoms with Gasteiger partial charge in [0, 0.05) is 12.8 Å². The van der Waals surface area contributed by atoms with Crippen molar-refractivity contribution in [3.8, 4) is 0 Å². The predicted molar refractivity (Wildman–Crippen MR) is 83.5 cm³/mol. The fourth-order valence-corrected chi connectivity index (χ4v) is 2.18. The Bertz CT molecular complexity index is 665. The average molecular weight is 327 g/mol. The topological polar surface area (TPSA) is 113 Å². The fourth-order valence-electron chi connectivity index (χ4n) is 2.18. The highest BCUT2D eigenvalue weighted by Crippen LogP contribution is 2.13. The van der Waals surface area contributed by atoms with Gasteiger partial charge in [0.15, 0.2) is 5.81 Å². The third-order valence-electron chi connectivity index (χ3n) is 3.28. The van der Waals surface area contributed by atoms with Crippen LogP contribution >= 0.6 is 0 Å². The van der Waals surface area contributed by atoms with E-state index in [-0.39, 0.29) is 19.4 Å². The molecule has 0 aromatic heterocycles. The standard InChI is InChI=1S/C14H13B2N2O6/c15-13(22)17-10(7-19)8-2-1-3-9(6-8)16-14(23)24-18-11(20)4-5-12(18)21/h1-3,6,10,19H,4-5,7H2,(H,17,22)/t10-/m0/s1. The average Bonchev–Trinajstić information content (AvgIpc) is 2.84. The third kappa shape index (κ3) is 4.45. The maximum atomic E-state index is 11.8. The molecule has 0 saturated carbocycles. The van der Waals surface area contributed by atoms with Gasteiger partial charge in [0.2, 0.25) is 7.85 Å². The van der Waals surface area contributed by atoms with Gasteiger partial charge in [-0.15, -0.1) is 5.06 Å². The first kappa shape index (κ1) is 17.7. The number of rotatable bonds is 6. The van der Waals surface area contributed by atoms with Gasteiger partial charge in [0.25, 0.3) is 17.7 Å². The number of carbonyl (C=O) groups excluding carboxylic acids is 4. The number of aliphatic hydroxyl groups excluding tert-OH is 1. The van der Waals surface area contributed by atoms with Crippen molar-refractivity contribution in [2.75, 3.05) is 6.61 Å². The summed E-state index contributed by atoms with van der Waals surface area (Å²) < 4.78 is 0. The summed E-state index contributed by atoms with van der Waals surface area (Å²) in [6.07, 6.45) is 0.0249. The van der Waals surface area contributed by atoms with Gasteiger partial charge in [-0.25, -0.2) is 0 Å². The molecule has 3 radical (unpaired) electrons. The first-order valence-electron chi connectivity index (χ1n) is 7.10. The Morgan fingerprint density at radius 3 is 2.58 bits per heavy atom. The summed E-state index contributed by atoms with van der Waals surface area (Å²) in [5.74, 6) is -2.82. The zero-order chi connectivity index (χ0) is 17.7. The summed E-state index contributed by atoms with van der Waals surface area (Å²) in [5.41, 5.74) is 0.924. The number of nitrogens with zero attached hydrogens (tertiary/aromatic N) is 1. The number of nitrogens with one attached hydrogen (secondary N) is 1. The number of amides is 3. The van der Waals surface area contributed by atoms with E-state index in [1.807, 2.05) is 0 Å². The van der Waals surface area contributed by atoms with Crippen molar-refractivity contribution >= 4 is 44.1 Å². The Balaban J connectivity index is 2.03. The molecule has 0 spiro atoms. The van der Waals surface area contributed by atoms with Crippen LogP contribution in [-0.4, -0.2) is 55.4 Å². The van der Waals surface area contributed by atoms with E-state index in [1.54, 1.807) is 18.2 Å². The Hall–Kier alpha value is -2.61. The molecule has 2 rings (SSSR count). The molecule has 0 bridgehead atoms. The summed E-state index contributed by atoms with van der Waals surface area (Å²) in [6.45, 7) is -0.381. The minimum absolute atomic E-state index is 0.0125. The minimum Gasteiger partial charge on any atom is -0.394 e. The number of hydrogen-bond donors (Lipinski definition) is 2. The van der Waals surface area contributed by atoms with E-state index in [2.05, 4.69) is 5.32 Å². The molecule has 1 aromatic rings. The second kappa shape index (κ2) is 7.78. The second-order valence-electron chi connectivity index (χ2n) is 5.05. The SMILES string of the molecule is [B]C(=O)N[C@@H](CO)c1cccc([B]C(=O)ON2C(=O)CCC2=O)c1. The van der Waals surface area contributed by atoms with Crippen molar-refractivity contribution < 1.29 is 29.1 Å². The van der Waals surface area contributed by atoms with Crippen LogP contribution in [0, 0.1) is 0 Å². The van der Waals surface area contributed by atoms with Crippen LogP contribution in [0.3, 0.4) is 0 Å². The molecule has 1 aliphatic heterocycles. The Morgan fingerprint density at radius 1 is 1.33 bits per heavy atom. The van der Waals surface area contributed by atoms with Crippen molar-refractivity contribution in [2.45, 2.75) is 18.9 Å². The van der Waals surface area contributed by atoms with Crippen LogP contribution in [0.1, 0.15) is 24.4 Å². The highest BCUT2D eigenvalue weighted by Gasteiger charge is 2.32. The van der Waals surface area contributed by atoms with Crippen molar-refractivity contribution in [1.29, 1.82) is 0 Å². The maximum absolute atomic E-state index is 11.8. The van der Waals surface area contributed by atoms with Gasteiger partial charge in [-0.3, -0.25) is 19.2 Å². The molecule has 1 heterocycles. The lowest BCUT2D eigenvalue weighted by molar-refractivity contribution is -0.169. The number of imide groups is 1. The van der Waals surface area contributed by atoms with Crippen LogP contribution in [0.2, 0.25) is 0 Å². The number of aliphatic hydroxyl groups is 1. The van der Waals surface area contributed by atoms with Crippen LogP contribution in [0.5, 0.6) is 0 Å². The van der Waals surface area contributed by atoms with Crippen molar-refractivity contribution in [3.05, 3.63) is 29.8 Å². The number of carbonyl (C=O) groups is 4. The number of hydrogen-bond acceptors (Lipinski definition) is 6. The Kier molecular flexibility index (Phi) is 5.75. The monoisotopic (exact) mass is 327 g/mol. The highest BCUT2D eigenvalue weighted by atomic mass is 16.7. The molecule has 121 valence electrons. The Labute approximate surface area is 139 Å². The van der Waals surface area contributed by atoms with Gasteiger partial charge in [0.1, 0.15) is 0 Å². The van der Waals surface area contributed by atoms with Gasteiger partial charge >= 0.3 is 7.28 Å². The zero-order valence-corrected chi connectivity index (χ0v) is 12.6. The summed E-state index contributed by atoms with van der Waals surface area (Å²) in [7, 11) is 6.11. The van der Waals surface area contributed by atoms with E-state index < -0.39 is 29.5 Å². The molecule has 1 atom stereocenters. The molecule has 1 aliphatic rings. The minimum atomic E-state index is -0.890. The van der Waals surface area contributed by atoms with Gasteiger partial charge in [-0.1, -0.05) is 29.7 Å². The van der Waals surface area contributed by atoms with E-state index in [0.29, 0.717) is 16.1 Å². The molecule has 3 amide bonds. The molecule has 1 fully saturated rings. The third-order valence-corrected chi connectivity index (χ3v) is 3.28. The lowest BCUT2D eigenvalue weighted by Gasteiger charge is -2.17. The smallest absolute Gasteiger partial charge is 0.303 e. The zero-order valence-electron chi connectivity index (χ0n) is 12.6. The van der Waals surface area contributed by atoms with E-state index in [0.717, 1.165) is 7.28 Å². The van der Waals surface area contributed by atoms with Gasteiger partial charge in [-0.05, 0) is 5.56 Å². The summed E-state index contributed by atoms with van der Waals surface area (Å²) in [4.78, 5) is 50.2. The van der Waals surface area contributed by atoms with E-state index in [1.165, 1.54) is 6.07 Å². The molecule has 8 nitrogen and oxygen atoms in total. The van der Waals surface area contributed by atoms with Crippen LogP contribution in [0.25, 0.3) is 0 Å². The van der Waals surface area contributed by atoms with Crippen LogP contribution < -0.4 is 10.8 Å². The molecule has 1 aromatic carbocycles. The number of benzene rings is 1. The normalized spacial score (nSPS) is 15.1. The highest BCUT2D eigenvalue weighted by molar-refractivity contribution is 6.82. The Morgan fingerprint density at radius 2 is 2.00 bits per heavy atom. The van der Waals surface area contributed by atoms with E-state index in [9.17, 15) is 24.3 Å². The van der Waals surface area contributed by atoms with Crippen molar-refractivity contribution in [2.24, 2.45) is 0 Å². The molecule has 0 unspecified atom stereocenters. The molecule has 2 N–H and O–H groups in total. The van der Waals surface area contributed by atoms with Gasteiger partial charge in [0.05, 0.1) is 12.6 Å². The lowest BCUT2D eigenvalue weighted by atomic mass is 9.70.